The summed E-state index contributed by atoms with van der Waals surface area (Å²) in [5.41, 5.74) is 1.25. The van der Waals surface area contributed by atoms with Crippen molar-refractivity contribution in [3.05, 3.63) is 144 Å². The van der Waals surface area contributed by atoms with Crippen molar-refractivity contribution < 1.29 is 26.3 Å². The highest BCUT2D eigenvalue weighted by Gasteiger charge is 2.33. The molecule has 0 atom stereocenters. The lowest BCUT2D eigenvalue weighted by atomic mass is 9.85. The maximum absolute atomic E-state index is 14.0. The average molecular weight is 731 g/mol. The Balaban J connectivity index is 1.46. The first-order valence-electron chi connectivity index (χ1n) is 17.7. The van der Waals surface area contributed by atoms with E-state index in [4.69, 9.17) is 0 Å². The molecule has 0 spiro atoms. The first kappa shape index (κ1) is 31.9. The molecule has 8 heteroatoms. The summed E-state index contributed by atoms with van der Waals surface area (Å²) >= 11 is 0. The molecule has 0 aliphatic carbocycles. The lowest BCUT2D eigenvalue weighted by Gasteiger charge is -2.19. The van der Waals surface area contributed by atoms with Crippen LogP contribution in [0.5, 0.6) is 0 Å². The number of pyridine rings is 2. The van der Waals surface area contributed by atoms with Gasteiger partial charge in [0.1, 0.15) is 0 Å². The van der Waals surface area contributed by atoms with Gasteiger partial charge in [-0.3, -0.25) is 9.97 Å². The number of hydrogen-bond acceptors (Lipinski definition) is 2. The number of nitrogens with zero attached hydrogens (tertiary/aromatic N) is 2. The fourth-order valence-corrected chi connectivity index (χ4v) is 9.11. The molecule has 0 fully saturated rings. The molecule has 0 saturated carbocycles. The number of rotatable bonds is 2. The minimum absolute atomic E-state index is 0.349. The molecule has 0 unspecified atom stereocenters. The topological polar surface area (TPSA) is 25.8 Å². The van der Waals surface area contributed by atoms with Crippen LogP contribution in [-0.4, -0.2) is 9.97 Å². The highest BCUT2D eigenvalue weighted by molar-refractivity contribution is 6.45. The molecule has 2 nitrogen and oxygen atoms in total. The Morgan fingerprint density at radius 2 is 0.891 bits per heavy atom. The zero-order valence-corrected chi connectivity index (χ0v) is 28.8. The van der Waals surface area contributed by atoms with E-state index in [0.29, 0.717) is 27.9 Å². The fraction of sp³-hybridized carbons (Fsp3) is 0.0638. The highest BCUT2D eigenvalue weighted by atomic mass is 19.4. The molecule has 0 amide bonds. The van der Waals surface area contributed by atoms with Gasteiger partial charge in [0.2, 0.25) is 0 Å². The zero-order chi connectivity index (χ0) is 37.5. The van der Waals surface area contributed by atoms with Gasteiger partial charge in [-0.25, -0.2) is 0 Å². The molecule has 0 radical (unpaired) electrons. The van der Waals surface area contributed by atoms with Gasteiger partial charge in [0.25, 0.3) is 0 Å². The molecule has 2 heterocycles. The number of aromatic nitrogens is 2. The van der Waals surface area contributed by atoms with Crippen molar-refractivity contribution in [2.75, 3.05) is 0 Å². The van der Waals surface area contributed by atoms with Gasteiger partial charge in [-0.05, 0) is 119 Å². The van der Waals surface area contributed by atoms with Crippen LogP contribution in [-0.2, 0) is 12.4 Å². The number of alkyl halides is 6. The van der Waals surface area contributed by atoms with Crippen molar-refractivity contribution in [1.29, 1.82) is 0 Å². The van der Waals surface area contributed by atoms with Gasteiger partial charge in [-0.1, -0.05) is 78.9 Å². The summed E-state index contributed by atoms with van der Waals surface area (Å²) in [6.45, 7) is 2.01. The molecule has 0 aliphatic heterocycles. The van der Waals surface area contributed by atoms with Crippen molar-refractivity contribution in [2.24, 2.45) is 0 Å². The third-order valence-corrected chi connectivity index (χ3v) is 11.3. The summed E-state index contributed by atoms with van der Waals surface area (Å²) in [5.74, 6) is 0. The molecule has 0 aliphatic rings. The average Bonchev–Trinajstić information content (AvgIpc) is 3.67. The molecule has 11 rings (SSSR count). The van der Waals surface area contributed by atoms with Crippen LogP contribution in [0.2, 0.25) is 0 Å². The van der Waals surface area contributed by atoms with Gasteiger partial charge in [0.15, 0.2) is 0 Å². The maximum Gasteiger partial charge on any atom is 0.417 e. The molecule has 264 valence electrons. The number of fused-ring (bicyclic) bond motifs is 10. The summed E-state index contributed by atoms with van der Waals surface area (Å²) in [4.78, 5) is 9.06. The van der Waals surface area contributed by atoms with Crippen molar-refractivity contribution in [2.45, 2.75) is 19.3 Å². The van der Waals surface area contributed by atoms with Crippen LogP contribution >= 0.6 is 0 Å². The van der Waals surface area contributed by atoms with Crippen LogP contribution in [0.4, 0.5) is 26.3 Å². The van der Waals surface area contributed by atoms with E-state index in [1.807, 2.05) is 49.4 Å². The van der Waals surface area contributed by atoms with Gasteiger partial charge < -0.3 is 0 Å². The second-order valence-electron chi connectivity index (χ2n) is 14.4. The van der Waals surface area contributed by atoms with Gasteiger partial charge in [-0.15, -0.1) is 0 Å². The van der Waals surface area contributed by atoms with Gasteiger partial charge in [0, 0.05) is 39.7 Å². The lowest BCUT2D eigenvalue weighted by Crippen LogP contribution is -2.05. The summed E-state index contributed by atoms with van der Waals surface area (Å²) in [6, 6.07) is 35.6. The van der Waals surface area contributed by atoms with Crippen molar-refractivity contribution in [3.63, 3.8) is 0 Å². The van der Waals surface area contributed by atoms with Gasteiger partial charge >= 0.3 is 12.4 Å². The summed E-state index contributed by atoms with van der Waals surface area (Å²) in [7, 11) is 0. The maximum atomic E-state index is 14.0. The molecule has 2 aromatic heterocycles. The molecular formula is C47H24F6N2. The van der Waals surface area contributed by atoms with Crippen molar-refractivity contribution in [1.82, 2.24) is 9.97 Å². The number of halogens is 6. The Morgan fingerprint density at radius 3 is 1.55 bits per heavy atom. The molecular weight excluding hydrogens is 707 g/mol. The van der Waals surface area contributed by atoms with Crippen LogP contribution in [0, 0.1) is 6.92 Å². The number of benzene rings is 7. The third kappa shape index (κ3) is 4.39. The second-order valence-corrected chi connectivity index (χ2v) is 14.4. The lowest BCUT2D eigenvalue weighted by molar-refractivity contribution is -0.138. The van der Waals surface area contributed by atoms with E-state index >= 15 is 0 Å². The molecule has 0 N–H and O–H groups in total. The Bertz CT molecular complexity index is 3380. The quantitative estimate of drug-likeness (QED) is 0.131. The van der Waals surface area contributed by atoms with E-state index in [1.54, 1.807) is 0 Å². The molecule has 11 aromatic rings. The van der Waals surface area contributed by atoms with Crippen LogP contribution in [0.25, 0.3) is 109 Å². The fourth-order valence-electron chi connectivity index (χ4n) is 9.11. The Hall–Kier alpha value is -6.54. The predicted molar refractivity (Wildman–Crippen MR) is 210 cm³/mol. The number of aryl methyl sites for hydroxylation is 1. The Morgan fingerprint density at radius 1 is 0.382 bits per heavy atom. The molecule has 0 saturated heterocycles. The SMILES string of the molecule is Cc1cc2c3ccccc3cc3c4c(-c5ccc(C(F)(F)F)cn5)c5c(cc6c7ccccc7c7cccc5c76)c(-c5ccc(C(F)(F)F)cn5)c4c(c1)c23. The standard InChI is InChI=1S/C47H24F6N2/c1-23-17-32-27-8-3-2-7-24(27)19-35-40(32)34(18-23)43-42(37-15-13-25(21-54-37)46(48,49)50)36-20-33-29-10-5-4-9-28(29)30-11-6-12-31(39(30)33)41(36)45(44(35)43)38-16-14-26(22-55-38)47(51,52)53/h2-22H,1H3. The molecule has 9 aromatic carbocycles. The third-order valence-electron chi connectivity index (χ3n) is 11.3. The van der Waals surface area contributed by atoms with E-state index in [-0.39, 0.29) is 0 Å². The Labute approximate surface area is 307 Å². The van der Waals surface area contributed by atoms with Crippen LogP contribution in [0.1, 0.15) is 16.7 Å². The molecule has 55 heavy (non-hydrogen) atoms. The largest absolute Gasteiger partial charge is 0.417 e. The molecule has 0 bridgehead atoms. The van der Waals surface area contributed by atoms with E-state index in [0.717, 1.165) is 111 Å². The minimum atomic E-state index is -4.59. The predicted octanol–water partition coefficient (Wildman–Crippen LogP) is 14.3. The summed E-state index contributed by atoms with van der Waals surface area (Å²) in [5, 5.41) is 14.6. The first-order valence-corrected chi connectivity index (χ1v) is 17.7. The number of hydrogen-bond donors (Lipinski definition) is 0. The zero-order valence-electron chi connectivity index (χ0n) is 28.8. The van der Waals surface area contributed by atoms with Crippen molar-refractivity contribution in [3.8, 4) is 22.5 Å². The summed E-state index contributed by atoms with van der Waals surface area (Å²) < 4.78 is 83.8. The van der Waals surface area contributed by atoms with E-state index in [2.05, 4.69) is 58.5 Å². The van der Waals surface area contributed by atoms with Crippen LogP contribution < -0.4 is 0 Å². The van der Waals surface area contributed by atoms with Crippen LogP contribution in [0.3, 0.4) is 0 Å². The normalized spacial score (nSPS) is 13.0. The smallest absolute Gasteiger partial charge is 0.256 e. The minimum Gasteiger partial charge on any atom is -0.256 e. The van der Waals surface area contributed by atoms with Crippen LogP contribution in [0.15, 0.2) is 128 Å². The van der Waals surface area contributed by atoms with E-state index in [1.165, 1.54) is 12.1 Å². The van der Waals surface area contributed by atoms with Crippen molar-refractivity contribution >= 4 is 86.2 Å². The highest BCUT2D eigenvalue weighted by Crippen LogP contribution is 2.55. The van der Waals surface area contributed by atoms with E-state index in [9.17, 15) is 26.3 Å². The van der Waals surface area contributed by atoms with E-state index < -0.39 is 23.5 Å². The van der Waals surface area contributed by atoms with Gasteiger partial charge in [-0.2, -0.15) is 26.3 Å². The van der Waals surface area contributed by atoms with Gasteiger partial charge in [0.05, 0.1) is 22.5 Å². The monoisotopic (exact) mass is 730 g/mol. The second kappa shape index (κ2) is 10.8. The summed E-state index contributed by atoms with van der Waals surface area (Å²) in [6.07, 6.45) is -7.44. The Kier molecular flexibility index (Phi) is 6.26. The first-order chi connectivity index (χ1) is 26.5.